The Morgan fingerprint density at radius 1 is 0.343 bits per heavy atom. The molecule has 3 saturated heterocycles. The van der Waals surface area contributed by atoms with Crippen molar-refractivity contribution in [2.45, 2.75) is 491 Å². The van der Waals surface area contributed by atoms with Crippen LogP contribution >= 0.6 is 0 Å². The van der Waals surface area contributed by atoms with E-state index in [2.05, 4.69) is 43.5 Å². The average Bonchev–Trinajstić information content (AvgIpc) is 0.780. The molecule has 0 aromatic carbocycles. The molecular weight excluding hydrogens is 1330 g/mol. The molecule has 1 amide bonds. The van der Waals surface area contributed by atoms with Gasteiger partial charge in [0.05, 0.1) is 38.6 Å². The summed E-state index contributed by atoms with van der Waals surface area (Å²) in [7, 11) is 0. The molecular formula is C86H163NO18. The topological polar surface area (TPSA) is 307 Å². The predicted molar refractivity (Wildman–Crippen MR) is 420 cm³/mol. The van der Waals surface area contributed by atoms with Crippen LogP contribution in [0.25, 0.3) is 0 Å². The van der Waals surface area contributed by atoms with E-state index in [1.807, 2.05) is 0 Å². The van der Waals surface area contributed by atoms with Gasteiger partial charge in [0, 0.05) is 6.42 Å². The van der Waals surface area contributed by atoms with Gasteiger partial charge in [-0.3, -0.25) is 4.79 Å². The highest BCUT2D eigenvalue weighted by atomic mass is 16.8. The summed E-state index contributed by atoms with van der Waals surface area (Å²) in [6.07, 6.45) is 55.8. The molecule has 0 aromatic rings. The van der Waals surface area contributed by atoms with Gasteiger partial charge in [-0.25, -0.2) is 0 Å². The molecule has 17 unspecified atom stereocenters. The minimum absolute atomic E-state index is 0.233. The second-order valence-electron chi connectivity index (χ2n) is 31.7. The van der Waals surface area contributed by atoms with E-state index in [9.17, 15) is 61.0 Å². The Bertz CT molecular complexity index is 1990. The van der Waals surface area contributed by atoms with Crippen molar-refractivity contribution in [1.82, 2.24) is 5.32 Å². The molecule has 0 bridgehead atoms. The molecule has 0 spiro atoms. The van der Waals surface area contributed by atoms with Gasteiger partial charge in [0.1, 0.15) is 73.2 Å². The summed E-state index contributed by atoms with van der Waals surface area (Å²) in [6, 6.07) is -0.885. The Morgan fingerprint density at radius 2 is 0.629 bits per heavy atom. The number of carbonyl (C=O) groups is 1. The van der Waals surface area contributed by atoms with E-state index >= 15 is 0 Å². The van der Waals surface area contributed by atoms with Crippen LogP contribution in [-0.2, 0) is 33.2 Å². The fraction of sp³-hybridized carbons (Fsp3) is 0.942. The van der Waals surface area contributed by atoms with Crippen molar-refractivity contribution in [3.8, 4) is 0 Å². The summed E-state index contributed by atoms with van der Waals surface area (Å²) < 4.78 is 34.6. The first-order chi connectivity index (χ1) is 51.3. The summed E-state index contributed by atoms with van der Waals surface area (Å²) in [5, 5.41) is 121. The highest BCUT2D eigenvalue weighted by Crippen LogP contribution is 2.34. The Morgan fingerprint density at radius 3 is 0.971 bits per heavy atom. The first-order valence-corrected chi connectivity index (χ1v) is 44.1. The lowest BCUT2D eigenvalue weighted by molar-refractivity contribution is -0.379. The molecule has 0 aromatic heterocycles. The van der Waals surface area contributed by atoms with E-state index in [1.165, 1.54) is 302 Å². The predicted octanol–water partition coefficient (Wildman–Crippen LogP) is 16.1. The number of rotatable bonds is 72. The van der Waals surface area contributed by atoms with Crippen LogP contribution < -0.4 is 5.32 Å². The summed E-state index contributed by atoms with van der Waals surface area (Å²) >= 11 is 0. The number of unbranched alkanes of at least 4 members (excludes halogenated alkanes) is 52. The SMILES string of the molecule is CCCCCCC/C=C\C/C=C\CCCCCCCCCCCCCCCCCCCCCCCCCCCCCC(=O)NC(COC1OC(CO)C(OC2OC(CO)C(OC3OC(CO)C(O)C(O)C3O)C(O)C2O)C(O)C1O)C(O)CCCCCCCCCCCCCCCCCCCCCCC. The number of aliphatic hydroxyl groups is 11. The van der Waals surface area contributed by atoms with Gasteiger partial charge >= 0.3 is 0 Å². The van der Waals surface area contributed by atoms with Gasteiger partial charge in [-0.1, -0.05) is 359 Å². The van der Waals surface area contributed by atoms with Crippen molar-refractivity contribution >= 4 is 5.91 Å². The smallest absolute Gasteiger partial charge is 0.220 e. The van der Waals surface area contributed by atoms with Gasteiger partial charge in [-0.05, 0) is 44.9 Å². The maximum absolute atomic E-state index is 13.5. The van der Waals surface area contributed by atoms with Crippen LogP contribution in [0.3, 0.4) is 0 Å². The van der Waals surface area contributed by atoms with Crippen molar-refractivity contribution in [2.75, 3.05) is 26.4 Å². The van der Waals surface area contributed by atoms with Crippen LogP contribution in [0, 0.1) is 0 Å². The molecule has 0 radical (unpaired) electrons. The zero-order valence-electron chi connectivity index (χ0n) is 66.7. The molecule has 19 heteroatoms. The highest BCUT2D eigenvalue weighted by molar-refractivity contribution is 5.76. The molecule has 3 heterocycles. The van der Waals surface area contributed by atoms with Crippen LogP contribution in [-0.4, -0.2) is 193 Å². The number of hydrogen-bond acceptors (Lipinski definition) is 18. The highest BCUT2D eigenvalue weighted by Gasteiger charge is 2.54. The van der Waals surface area contributed by atoms with Gasteiger partial charge in [-0.15, -0.1) is 0 Å². The van der Waals surface area contributed by atoms with Crippen LogP contribution in [0.1, 0.15) is 386 Å². The second-order valence-corrected chi connectivity index (χ2v) is 31.7. The summed E-state index contributed by atoms with van der Waals surface area (Å²) in [5.41, 5.74) is 0. The summed E-state index contributed by atoms with van der Waals surface area (Å²) in [6.45, 7) is 1.86. The Hall–Kier alpha value is -1.73. The number of carbonyl (C=O) groups excluding carboxylic acids is 1. The number of aliphatic hydroxyl groups excluding tert-OH is 11. The third-order valence-corrected chi connectivity index (χ3v) is 22.3. The van der Waals surface area contributed by atoms with E-state index < -0.39 is 124 Å². The molecule has 12 N–H and O–H groups in total. The molecule has 0 aliphatic carbocycles. The Kier molecular flexibility index (Phi) is 62.0. The number of amides is 1. The van der Waals surface area contributed by atoms with Crippen LogP contribution in [0.4, 0.5) is 0 Å². The minimum Gasteiger partial charge on any atom is -0.394 e. The van der Waals surface area contributed by atoms with Gasteiger partial charge in [0.25, 0.3) is 0 Å². The lowest BCUT2D eigenvalue weighted by Crippen LogP contribution is -2.66. The van der Waals surface area contributed by atoms with Crippen molar-refractivity contribution < 1.29 is 89.4 Å². The van der Waals surface area contributed by atoms with Crippen molar-refractivity contribution in [3.05, 3.63) is 24.3 Å². The monoisotopic (exact) mass is 1500 g/mol. The van der Waals surface area contributed by atoms with E-state index in [-0.39, 0.29) is 18.9 Å². The van der Waals surface area contributed by atoms with Crippen LogP contribution in [0.5, 0.6) is 0 Å². The maximum atomic E-state index is 13.5. The number of ether oxygens (including phenoxy) is 6. The van der Waals surface area contributed by atoms with E-state index in [4.69, 9.17) is 28.4 Å². The third kappa shape index (κ3) is 46.1. The van der Waals surface area contributed by atoms with Crippen molar-refractivity contribution in [3.63, 3.8) is 0 Å². The lowest BCUT2D eigenvalue weighted by Gasteiger charge is -2.48. The third-order valence-electron chi connectivity index (χ3n) is 22.3. The zero-order valence-corrected chi connectivity index (χ0v) is 66.7. The normalized spacial score (nSPS) is 25.8. The molecule has 19 nitrogen and oxygen atoms in total. The quantitative estimate of drug-likeness (QED) is 0.0199. The van der Waals surface area contributed by atoms with Crippen molar-refractivity contribution in [2.24, 2.45) is 0 Å². The molecule has 3 aliphatic heterocycles. The molecule has 17 atom stereocenters. The molecule has 105 heavy (non-hydrogen) atoms. The first kappa shape index (κ1) is 97.5. The van der Waals surface area contributed by atoms with E-state index in [1.54, 1.807) is 0 Å². The maximum Gasteiger partial charge on any atom is 0.220 e. The fourth-order valence-corrected chi connectivity index (χ4v) is 15.2. The summed E-state index contributed by atoms with van der Waals surface area (Å²) in [4.78, 5) is 13.5. The minimum atomic E-state index is -1.97. The van der Waals surface area contributed by atoms with Gasteiger partial charge < -0.3 is 89.9 Å². The van der Waals surface area contributed by atoms with Crippen molar-refractivity contribution in [1.29, 1.82) is 0 Å². The summed E-state index contributed by atoms with van der Waals surface area (Å²) in [5.74, 6) is -0.233. The van der Waals surface area contributed by atoms with Gasteiger partial charge in [0.15, 0.2) is 18.9 Å². The Labute approximate surface area is 638 Å². The van der Waals surface area contributed by atoms with E-state index in [0.717, 1.165) is 51.4 Å². The molecule has 3 aliphatic rings. The number of nitrogens with one attached hydrogen (secondary N) is 1. The van der Waals surface area contributed by atoms with Gasteiger partial charge in [0.2, 0.25) is 5.91 Å². The molecule has 0 saturated carbocycles. The lowest BCUT2D eigenvalue weighted by atomic mass is 9.96. The fourth-order valence-electron chi connectivity index (χ4n) is 15.2. The number of hydrogen-bond donors (Lipinski definition) is 12. The molecule has 3 rings (SSSR count). The first-order valence-electron chi connectivity index (χ1n) is 44.1. The largest absolute Gasteiger partial charge is 0.394 e. The van der Waals surface area contributed by atoms with Crippen LogP contribution in [0.15, 0.2) is 24.3 Å². The molecule has 3 fully saturated rings. The van der Waals surface area contributed by atoms with E-state index in [0.29, 0.717) is 12.8 Å². The standard InChI is InChI=1S/C86H163NO18/c1-3-5-7-9-11-13-15-17-19-21-23-25-26-27-28-29-30-31-32-33-34-35-36-37-38-39-40-41-42-44-46-48-50-52-54-56-58-60-62-64-74(92)87-69(70(91)63-61-59-57-55-53-51-49-47-45-43-24-22-20-18-16-14-12-10-8-6-4-2)68-100-84-80(98)77(95)82(72(66-89)102-84)105-86-81(99)78(96)83(73(67-90)103-86)104-85-79(97)76(94)75(93)71(65-88)101-85/h15,17,21,23,69-73,75-86,88-91,93-99H,3-14,16,18-20,22,24-68H2,1-2H3,(H,87,92)/b17-15-,23-21-. The molecule has 620 valence electrons. The van der Waals surface area contributed by atoms with Gasteiger partial charge in [-0.2, -0.15) is 0 Å². The second kappa shape index (κ2) is 66.8. The number of allylic oxidation sites excluding steroid dienone is 4. The average molecular weight is 1500 g/mol. The zero-order chi connectivity index (χ0) is 76.0. The van der Waals surface area contributed by atoms with Crippen LogP contribution in [0.2, 0.25) is 0 Å². The Balaban J connectivity index is 1.29.